The van der Waals surface area contributed by atoms with Crippen molar-refractivity contribution in [1.29, 1.82) is 0 Å². The smallest absolute Gasteiger partial charge is 0.344 e. The van der Waals surface area contributed by atoms with Crippen LogP contribution in [0.5, 0.6) is 0 Å². The average molecular weight is 306 g/mol. The quantitative estimate of drug-likeness (QED) is 0.334. The van der Waals surface area contributed by atoms with Gasteiger partial charge in [0.1, 0.15) is 0 Å². The molecule has 10 heavy (non-hydrogen) atoms. The topological polar surface area (TPSA) is 215 Å². The third kappa shape index (κ3) is 503. The van der Waals surface area contributed by atoms with Gasteiger partial charge in [0.2, 0.25) is 0 Å². The third-order valence-corrected chi connectivity index (χ3v) is 0. The minimum absolute atomic E-state index is 0. The zero-order chi connectivity index (χ0) is 4.50. The van der Waals surface area contributed by atoms with Crippen LogP contribution in [0.2, 0.25) is 0 Å². The van der Waals surface area contributed by atoms with Crippen LogP contribution in [0.3, 0.4) is 0 Å². The van der Waals surface area contributed by atoms with Crippen molar-refractivity contribution in [3.05, 3.63) is 0 Å². The summed E-state index contributed by atoms with van der Waals surface area (Å²) in [7, 11) is -4.67. The number of rotatable bonds is 0. The summed E-state index contributed by atoms with van der Waals surface area (Å²) in [6.07, 6.45) is 0. The second-order valence-corrected chi connectivity index (χ2v) is 1.34. The molecule has 0 rings (SSSR count). The Balaban J connectivity index is -0.00000000800. The van der Waals surface area contributed by atoms with E-state index in [0.717, 1.165) is 0 Å². The van der Waals surface area contributed by atoms with Crippen molar-refractivity contribution in [3.63, 3.8) is 0 Å². The van der Waals surface area contributed by atoms with Gasteiger partial charge in [-0.25, -0.2) is 0 Å². The van der Waals surface area contributed by atoms with Gasteiger partial charge in [-0.2, -0.15) is 8.42 Å². The van der Waals surface area contributed by atoms with E-state index in [2.05, 4.69) is 0 Å². The van der Waals surface area contributed by atoms with Gasteiger partial charge in [-0.1, -0.05) is 0 Å². The molecule has 14 N–H and O–H groups in total. The monoisotopic (exact) mass is 306 g/mol. The van der Waals surface area contributed by atoms with Gasteiger partial charge in [0, 0.05) is 41.7 Å². The first kappa shape index (κ1) is 43.6. The molecular formula is H14CeN4O4S. The molecule has 0 aromatic rings. The van der Waals surface area contributed by atoms with Crippen LogP contribution in [0.25, 0.3) is 0 Å². The van der Waals surface area contributed by atoms with Crippen molar-refractivity contribution in [2.75, 3.05) is 0 Å². The van der Waals surface area contributed by atoms with Crippen LogP contribution in [0.15, 0.2) is 0 Å². The Hall–Kier alpha value is 1.09. The Kier molecular flexibility index (Phi) is 72.3. The van der Waals surface area contributed by atoms with E-state index in [9.17, 15) is 0 Å². The van der Waals surface area contributed by atoms with Crippen LogP contribution in [-0.4, -0.2) is 17.5 Å². The molecule has 0 spiro atoms. The fraction of sp³-hybridized carbons (Fsp3) is 0. The molecule has 0 atom stereocenters. The summed E-state index contributed by atoms with van der Waals surface area (Å²) in [5.41, 5.74) is 0. The normalized spacial score (nSPS) is 5.80. The van der Waals surface area contributed by atoms with Crippen LogP contribution >= 0.6 is 0 Å². The Morgan fingerprint density at radius 1 is 0.800 bits per heavy atom. The Morgan fingerprint density at radius 3 is 0.800 bits per heavy atom. The standard InChI is InChI=1S/Ce.4H3N.H2O4S/c;;;;;1-5(2,3)4/h;4*1H3;(H2,1,2,3,4). The minimum atomic E-state index is -4.67. The average Bonchev–Trinajstić information content (AvgIpc) is 0.722. The first-order chi connectivity index (χ1) is 2.00. The maximum Gasteiger partial charge on any atom is 0.394 e. The van der Waals surface area contributed by atoms with E-state index in [-0.39, 0.29) is 66.3 Å². The molecule has 0 unspecified atom stereocenters. The van der Waals surface area contributed by atoms with Gasteiger partial charge in [0.15, 0.2) is 0 Å². The van der Waals surface area contributed by atoms with E-state index in [0.29, 0.717) is 0 Å². The predicted molar refractivity (Wildman–Crippen MR) is 34.3 cm³/mol. The van der Waals surface area contributed by atoms with Crippen LogP contribution in [0.1, 0.15) is 0 Å². The summed E-state index contributed by atoms with van der Waals surface area (Å²) in [6, 6.07) is 0. The van der Waals surface area contributed by atoms with Crippen molar-refractivity contribution >= 4 is 10.4 Å². The van der Waals surface area contributed by atoms with E-state index in [4.69, 9.17) is 17.5 Å². The molecule has 0 aliphatic heterocycles. The van der Waals surface area contributed by atoms with Gasteiger partial charge in [0.05, 0.1) is 0 Å². The van der Waals surface area contributed by atoms with Gasteiger partial charge in [-0.05, 0) is 0 Å². The first-order valence-corrected chi connectivity index (χ1v) is 2.10. The third-order valence-electron chi connectivity index (χ3n) is 0. The van der Waals surface area contributed by atoms with Crippen LogP contribution in [0, 0.1) is 41.7 Å². The van der Waals surface area contributed by atoms with Gasteiger partial charge in [0.25, 0.3) is 0 Å². The molecule has 8 nitrogen and oxygen atoms in total. The van der Waals surface area contributed by atoms with Gasteiger partial charge < -0.3 is 24.6 Å². The molecule has 0 radical (unpaired) electrons. The molecule has 10 heteroatoms. The summed E-state index contributed by atoms with van der Waals surface area (Å²) < 4.78 is 31.6. The van der Waals surface area contributed by atoms with Gasteiger partial charge in [-0.3, -0.25) is 9.11 Å². The summed E-state index contributed by atoms with van der Waals surface area (Å²) in [4.78, 5) is 0. The summed E-state index contributed by atoms with van der Waals surface area (Å²) in [5.74, 6) is 0. The molecule has 0 saturated carbocycles. The molecule has 0 heterocycles. The summed E-state index contributed by atoms with van der Waals surface area (Å²) in [6.45, 7) is 0. The van der Waals surface area contributed by atoms with Gasteiger partial charge >= 0.3 is 10.4 Å². The second kappa shape index (κ2) is 16.6. The molecule has 0 aromatic heterocycles. The van der Waals surface area contributed by atoms with Crippen molar-refractivity contribution in [2.24, 2.45) is 0 Å². The van der Waals surface area contributed by atoms with Gasteiger partial charge in [-0.15, -0.1) is 0 Å². The number of hydrogen-bond donors (Lipinski definition) is 6. The SMILES string of the molecule is N.N.N.N.O=S(=O)(O)O.[Ce]. The maximum absolute atomic E-state index is 8.74. The van der Waals surface area contributed by atoms with E-state index in [1.807, 2.05) is 0 Å². The fourth-order valence-corrected chi connectivity index (χ4v) is 0. The molecule has 0 aliphatic rings. The van der Waals surface area contributed by atoms with E-state index in [1.54, 1.807) is 0 Å². The van der Waals surface area contributed by atoms with Crippen molar-refractivity contribution in [3.8, 4) is 0 Å². The van der Waals surface area contributed by atoms with Crippen LogP contribution < -0.4 is 24.6 Å². The zero-order valence-corrected chi connectivity index (χ0v) is 9.40. The second-order valence-electron chi connectivity index (χ2n) is 0.448. The molecule has 0 fully saturated rings. The fourth-order valence-electron chi connectivity index (χ4n) is 0. The van der Waals surface area contributed by atoms with Crippen LogP contribution in [0.4, 0.5) is 0 Å². The summed E-state index contributed by atoms with van der Waals surface area (Å²) in [5, 5.41) is 0. The Labute approximate surface area is 93.4 Å². The van der Waals surface area contributed by atoms with Crippen LogP contribution in [-0.2, 0) is 10.4 Å². The molecule has 0 bridgehead atoms. The molecule has 0 aromatic carbocycles. The molecule has 68 valence electrons. The van der Waals surface area contributed by atoms with Crippen molar-refractivity contribution < 1.29 is 59.3 Å². The Bertz CT molecular complexity index is 100. The van der Waals surface area contributed by atoms with E-state index >= 15 is 0 Å². The molecule has 0 amide bonds. The van der Waals surface area contributed by atoms with Crippen molar-refractivity contribution in [1.82, 2.24) is 24.6 Å². The van der Waals surface area contributed by atoms with E-state index in [1.165, 1.54) is 0 Å². The molecule has 0 aliphatic carbocycles. The largest absolute Gasteiger partial charge is 0.394 e. The summed E-state index contributed by atoms with van der Waals surface area (Å²) >= 11 is 0. The minimum Gasteiger partial charge on any atom is -0.344 e. The van der Waals surface area contributed by atoms with Crippen molar-refractivity contribution in [2.45, 2.75) is 0 Å². The zero-order valence-electron chi connectivity index (χ0n) is 5.45. The molecular weight excluding hydrogens is 292 g/mol. The Morgan fingerprint density at radius 2 is 0.800 bits per heavy atom. The maximum atomic E-state index is 8.74. The number of hydrogen-bond acceptors (Lipinski definition) is 6. The predicted octanol–water partition coefficient (Wildman–Crippen LogP) is -0.00480. The first-order valence-electron chi connectivity index (χ1n) is 0.698. The van der Waals surface area contributed by atoms with E-state index < -0.39 is 10.4 Å². The molecule has 0 saturated heterocycles.